The molecule has 0 aromatic heterocycles. The van der Waals surface area contributed by atoms with E-state index < -0.39 is 5.60 Å². The van der Waals surface area contributed by atoms with Crippen LogP contribution in [-0.4, -0.2) is 47.8 Å². The Kier molecular flexibility index (Phi) is 7.35. The van der Waals surface area contributed by atoms with Gasteiger partial charge in [-0.1, -0.05) is 35.3 Å². The summed E-state index contributed by atoms with van der Waals surface area (Å²) in [6.45, 7) is 1.82. The van der Waals surface area contributed by atoms with Gasteiger partial charge in [0.1, 0.15) is 23.8 Å². The number of benzene rings is 2. The van der Waals surface area contributed by atoms with Crippen LogP contribution in [0.25, 0.3) is 0 Å². The zero-order valence-corrected chi connectivity index (χ0v) is 17.3. The first kappa shape index (κ1) is 21.8. The molecule has 0 bridgehead atoms. The number of nitrogens with zero attached hydrogens (tertiary/aromatic N) is 1. The molecule has 1 aliphatic heterocycles. The van der Waals surface area contributed by atoms with Crippen molar-refractivity contribution in [3.63, 3.8) is 0 Å². The number of amides is 1. The van der Waals surface area contributed by atoms with Crippen molar-refractivity contribution in [3.8, 4) is 5.75 Å². The minimum Gasteiger partial charge on any atom is -0.491 e. The third kappa shape index (κ3) is 6.57. The van der Waals surface area contributed by atoms with E-state index in [-0.39, 0.29) is 31.4 Å². The number of nitrogens with one attached hydrogen (secondary N) is 1. The molecule has 1 fully saturated rings. The highest BCUT2D eigenvalue weighted by Gasteiger charge is 2.33. The van der Waals surface area contributed by atoms with Gasteiger partial charge >= 0.3 is 0 Å². The van der Waals surface area contributed by atoms with Crippen molar-refractivity contribution in [2.75, 3.05) is 26.2 Å². The second-order valence-corrected chi connectivity index (χ2v) is 8.09. The van der Waals surface area contributed by atoms with E-state index in [0.29, 0.717) is 47.3 Å². The van der Waals surface area contributed by atoms with E-state index in [4.69, 9.17) is 27.9 Å². The van der Waals surface area contributed by atoms with Gasteiger partial charge in [0, 0.05) is 25.7 Å². The summed E-state index contributed by atoms with van der Waals surface area (Å²) in [4.78, 5) is 14.1. The highest BCUT2D eigenvalue weighted by molar-refractivity contribution is 6.42. The van der Waals surface area contributed by atoms with Gasteiger partial charge in [-0.3, -0.25) is 9.69 Å². The highest BCUT2D eigenvalue weighted by atomic mass is 35.5. The molecular weight excluding hydrogens is 418 g/mol. The van der Waals surface area contributed by atoms with Crippen LogP contribution in [0.1, 0.15) is 18.4 Å². The summed E-state index contributed by atoms with van der Waals surface area (Å²) >= 11 is 11.9. The molecule has 0 saturated carbocycles. The maximum Gasteiger partial charge on any atom is 0.234 e. The number of carbonyl (C=O) groups is 1. The Balaban J connectivity index is 1.40. The lowest BCUT2D eigenvalue weighted by atomic mass is 9.92. The summed E-state index contributed by atoms with van der Waals surface area (Å²) in [5.74, 6) is 0.0916. The minimum atomic E-state index is -0.958. The predicted molar refractivity (Wildman–Crippen MR) is 111 cm³/mol. The van der Waals surface area contributed by atoms with Gasteiger partial charge in [0.25, 0.3) is 0 Å². The Labute approximate surface area is 179 Å². The molecule has 0 unspecified atom stereocenters. The molecule has 1 heterocycles. The molecule has 8 heteroatoms. The molecule has 5 nitrogen and oxygen atoms in total. The number of rotatable bonds is 7. The van der Waals surface area contributed by atoms with Crippen molar-refractivity contribution in [1.29, 1.82) is 0 Å². The molecule has 1 amide bonds. The van der Waals surface area contributed by atoms with Crippen molar-refractivity contribution in [2.24, 2.45) is 0 Å². The first-order chi connectivity index (χ1) is 13.8. The molecule has 3 rings (SSSR count). The van der Waals surface area contributed by atoms with Crippen LogP contribution in [0.15, 0.2) is 42.5 Å². The highest BCUT2D eigenvalue weighted by Crippen LogP contribution is 2.28. The van der Waals surface area contributed by atoms with Crippen molar-refractivity contribution in [1.82, 2.24) is 10.2 Å². The number of likely N-dealkylation sites (tertiary alicyclic amines) is 1. The fourth-order valence-electron chi connectivity index (χ4n) is 3.16. The van der Waals surface area contributed by atoms with Gasteiger partial charge in [-0.2, -0.15) is 0 Å². The van der Waals surface area contributed by atoms with Gasteiger partial charge in [-0.15, -0.1) is 0 Å². The quantitative estimate of drug-likeness (QED) is 0.689. The van der Waals surface area contributed by atoms with Crippen LogP contribution in [0.4, 0.5) is 4.39 Å². The first-order valence-electron chi connectivity index (χ1n) is 9.37. The zero-order valence-electron chi connectivity index (χ0n) is 15.8. The van der Waals surface area contributed by atoms with Crippen LogP contribution < -0.4 is 10.1 Å². The lowest BCUT2D eigenvalue weighted by Crippen LogP contribution is -2.50. The van der Waals surface area contributed by atoms with Gasteiger partial charge in [-0.05, 0) is 42.7 Å². The van der Waals surface area contributed by atoms with Gasteiger partial charge in [0.2, 0.25) is 5.91 Å². The van der Waals surface area contributed by atoms with Crippen LogP contribution in [0.5, 0.6) is 5.75 Å². The smallest absolute Gasteiger partial charge is 0.234 e. The van der Waals surface area contributed by atoms with Crippen molar-refractivity contribution >= 4 is 29.1 Å². The Hall–Kier alpha value is -1.86. The maximum atomic E-state index is 13.2. The second-order valence-electron chi connectivity index (χ2n) is 7.27. The summed E-state index contributed by atoms with van der Waals surface area (Å²) in [7, 11) is 0. The van der Waals surface area contributed by atoms with Gasteiger partial charge in [0.05, 0.1) is 16.6 Å². The molecule has 0 atom stereocenters. The second kappa shape index (κ2) is 9.76. The lowest BCUT2D eigenvalue weighted by molar-refractivity contribution is -0.124. The van der Waals surface area contributed by atoms with E-state index >= 15 is 0 Å². The molecule has 0 radical (unpaired) electrons. The normalized spacial score (nSPS) is 16.4. The summed E-state index contributed by atoms with van der Waals surface area (Å²) in [6.07, 6.45) is 0.983. The number of ether oxygens (including phenoxy) is 1. The number of carbonyl (C=O) groups excluding carboxylic acids is 1. The number of hydrogen-bond acceptors (Lipinski definition) is 4. The van der Waals surface area contributed by atoms with E-state index in [1.54, 1.807) is 30.3 Å². The van der Waals surface area contributed by atoms with E-state index in [1.807, 2.05) is 4.90 Å². The van der Waals surface area contributed by atoms with Crippen molar-refractivity contribution in [2.45, 2.75) is 25.0 Å². The Morgan fingerprint density at radius 1 is 1.17 bits per heavy atom. The third-order valence-corrected chi connectivity index (χ3v) is 5.67. The average Bonchev–Trinajstić information content (AvgIpc) is 2.69. The molecule has 1 aliphatic rings. The Morgan fingerprint density at radius 2 is 1.93 bits per heavy atom. The maximum absolute atomic E-state index is 13.2. The standard InChI is InChI=1S/C21H23Cl2FN2O3/c22-18-5-4-17(11-19(18)23)29-14-21(28)6-8-26(9-7-21)13-20(27)25-12-15-2-1-3-16(24)10-15/h1-5,10-11,28H,6-9,12-14H2,(H,25,27). The van der Waals surface area contributed by atoms with Crippen LogP contribution in [-0.2, 0) is 11.3 Å². The van der Waals surface area contributed by atoms with E-state index in [2.05, 4.69) is 5.32 Å². The largest absolute Gasteiger partial charge is 0.491 e. The van der Waals surface area contributed by atoms with E-state index in [0.717, 1.165) is 0 Å². The van der Waals surface area contributed by atoms with Crippen LogP contribution >= 0.6 is 23.2 Å². The molecular formula is C21H23Cl2FN2O3. The average molecular weight is 441 g/mol. The zero-order chi connectivity index (χ0) is 20.9. The van der Waals surface area contributed by atoms with E-state index in [9.17, 15) is 14.3 Å². The minimum absolute atomic E-state index is 0.133. The molecule has 1 saturated heterocycles. The molecule has 0 spiro atoms. The molecule has 2 aromatic rings. The molecule has 0 aliphatic carbocycles. The third-order valence-electron chi connectivity index (χ3n) is 4.93. The Morgan fingerprint density at radius 3 is 2.62 bits per heavy atom. The van der Waals surface area contributed by atoms with Crippen LogP contribution in [0.3, 0.4) is 0 Å². The molecule has 2 N–H and O–H groups in total. The van der Waals surface area contributed by atoms with E-state index in [1.165, 1.54) is 12.1 Å². The Bertz CT molecular complexity index is 858. The molecule has 2 aromatic carbocycles. The van der Waals surface area contributed by atoms with Crippen molar-refractivity contribution < 1.29 is 19.0 Å². The van der Waals surface area contributed by atoms with Gasteiger partial charge in [0.15, 0.2) is 0 Å². The number of hydrogen-bond donors (Lipinski definition) is 2. The number of piperidine rings is 1. The predicted octanol–water partition coefficient (Wildman–Crippen LogP) is 3.65. The summed E-state index contributed by atoms with van der Waals surface area (Å²) in [5.41, 5.74) is -0.244. The number of aliphatic hydroxyl groups is 1. The summed E-state index contributed by atoms with van der Waals surface area (Å²) < 4.78 is 18.9. The molecule has 29 heavy (non-hydrogen) atoms. The topological polar surface area (TPSA) is 61.8 Å². The van der Waals surface area contributed by atoms with Crippen LogP contribution in [0, 0.1) is 5.82 Å². The van der Waals surface area contributed by atoms with Crippen LogP contribution in [0.2, 0.25) is 10.0 Å². The van der Waals surface area contributed by atoms with Gasteiger partial charge < -0.3 is 15.2 Å². The first-order valence-corrected chi connectivity index (χ1v) is 10.1. The SMILES string of the molecule is O=C(CN1CCC(O)(COc2ccc(Cl)c(Cl)c2)CC1)NCc1cccc(F)c1. The fraction of sp³-hybridized carbons (Fsp3) is 0.381. The summed E-state index contributed by atoms with van der Waals surface area (Å²) in [5, 5.41) is 14.4. The van der Waals surface area contributed by atoms with Gasteiger partial charge in [-0.25, -0.2) is 4.39 Å². The lowest BCUT2D eigenvalue weighted by Gasteiger charge is -2.37. The monoisotopic (exact) mass is 440 g/mol. The van der Waals surface area contributed by atoms with Crippen molar-refractivity contribution in [3.05, 3.63) is 63.9 Å². The fourth-order valence-corrected chi connectivity index (χ4v) is 3.45. The molecule has 156 valence electrons. The summed E-state index contributed by atoms with van der Waals surface area (Å²) in [6, 6.07) is 11.1. The number of halogens is 3.